The van der Waals surface area contributed by atoms with Gasteiger partial charge >= 0.3 is 0 Å². The van der Waals surface area contributed by atoms with E-state index in [4.69, 9.17) is 17.0 Å². The summed E-state index contributed by atoms with van der Waals surface area (Å²) in [5.74, 6) is 0.627. The third-order valence-corrected chi connectivity index (χ3v) is 7.59. The Labute approximate surface area is 182 Å². The van der Waals surface area contributed by atoms with Crippen LogP contribution in [0, 0.1) is 13.8 Å². The summed E-state index contributed by atoms with van der Waals surface area (Å²) in [7, 11) is -0.637. The Morgan fingerprint density at radius 1 is 1.19 bits per heavy atom. The molecule has 0 saturated carbocycles. The SMILES string of the molecule is COc1cc(C)c(S(=O)(=O)N(C)CC(=S)Nc2c(Br)cccc2Br)c(C)c1. The lowest BCUT2D eigenvalue weighted by molar-refractivity contribution is 0.413. The van der Waals surface area contributed by atoms with Gasteiger partial charge in [0.15, 0.2) is 0 Å². The van der Waals surface area contributed by atoms with E-state index in [1.807, 2.05) is 18.2 Å². The van der Waals surface area contributed by atoms with Gasteiger partial charge in [-0.25, -0.2) is 8.42 Å². The van der Waals surface area contributed by atoms with E-state index in [1.54, 1.807) is 33.1 Å². The van der Waals surface area contributed by atoms with Crippen molar-refractivity contribution < 1.29 is 13.2 Å². The maximum absolute atomic E-state index is 13.1. The van der Waals surface area contributed by atoms with E-state index in [1.165, 1.54) is 11.4 Å². The summed E-state index contributed by atoms with van der Waals surface area (Å²) in [6.45, 7) is 3.56. The predicted octanol–water partition coefficient (Wildman–Crippen LogP) is 4.90. The summed E-state index contributed by atoms with van der Waals surface area (Å²) in [6.07, 6.45) is 0. The molecule has 2 aromatic carbocycles. The molecule has 146 valence electrons. The average molecular weight is 536 g/mol. The third-order valence-electron chi connectivity index (χ3n) is 3.93. The Bertz CT molecular complexity index is 935. The smallest absolute Gasteiger partial charge is 0.243 e. The Hall–Kier alpha value is -1.00. The second kappa shape index (κ2) is 9.00. The molecule has 0 unspecified atom stereocenters. The quantitative estimate of drug-likeness (QED) is 0.533. The van der Waals surface area contributed by atoms with E-state index in [2.05, 4.69) is 37.2 Å². The molecule has 0 spiro atoms. The first-order valence-corrected chi connectivity index (χ1v) is 11.4. The van der Waals surface area contributed by atoms with E-state index in [0.717, 1.165) is 14.6 Å². The standard InChI is InChI=1S/C18H20Br2N2O3S2/c1-11-8-13(25-4)9-12(2)18(11)27(23,24)22(3)10-16(26)21-17-14(19)6-5-7-15(17)20/h5-9H,10H2,1-4H3,(H,21,26). The van der Waals surface area contributed by atoms with Gasteiger partial charge in [-0.05, 0) is 81.1 Å². The second-order valence-corrected chi connectivity index (χ2v) is 10.2. The van der Waals surface area contributed by atoms with Gasteiger partial charge in [0.25, 0.3) is 0 Å². The van der Waals surface area contributed by atoms with Crippen LogP contribution in [0.2, 0.25) is 0 Å². The zero-order valence-corrected chi connectivity index (χ0v) is 20.1. The fourth-order valence-corrected chi connectivity index (χ4v) is 5.79. The molecule has 1 N–H and O–H groups in total. The number of hydrogen-bond acceptors (Lipinski definition) is 4. The lowest BCUT2D eigenvalue weighted by Crippen LogP contribution is -2.35. The van der Waals surface area contributed by atoms with Crippen LogP contribution in [0.1, 0.15) is 11.1 Å². The van der Waals surface area contributed by atoms with Crippen LogP contribution in [0.15, 0.2) is 44.2 Å². The fourth-order valence-electron chi connectivity index (χ4n) is 2.67. The number of rotatable bonds is 6. The molecule has 0 fully saturated rings. The van der Waals surface area contributed by atoms with Crippen LogP contribution in [0.5, 0.6) is 5.75 Å². The molecule has 2 aromatic rings. The molecule has 0 radical (unpaired) electrons. The van der Waals surface area contributed by atoms with E-state index < -0.39 is 10.0 Å². The molecule has 0 heterocycles. The van der Waals surface area contributed by atoms with Gasteiger partial charge in [-0.15, -0.1) is 0 Å². The summed E-state index contributed by atoms with van der Waals surface area (Å²) in [6, 6.07) is 9.06. The monoisotopic (exact) mass is 534 g/mol. The molecule has 0 aliphatic carbocycles. The molecule has 0 saturated heterocycles. The molecule has 27 heavy (non-hydrogen) atoms. The van der Waals surface area contributed by atoms with Crippen molar-refractivity contribution in [1.29, 1.82) is 0 Å². The number of sulfonamides is 1. The number of methoxy groups -OCH3 is 1. The minimum atomic E-state index is -3.71. The molecule has 0 aliphatic rings. The Balaban J connectivity index is 2.24. The van der Waals surface area contributed by atoms with Crippen molar-refractivity contribution in [2.75, 3.05) is 26.0 Å². The van der Waals surface area contributed by atoms with Crippen LogP contribution in [-0.2, 0) is 10.0 Å². The van der Waals surface area contributed by atoms with Gasteiger partial charge in [0.05, 0.1) is 29.2 Å². The molecular weight excluding hydrogens is 516 g/mol. The van der Waals surface area contributed by atoms with Crippen LogP contribution < -0.4 is 10.1 Å². The molecule has 5 nitrogen and oxygen atoms in total. The highest BCUT2D eigenvalue weighted by Crippen LogP contribution is 2.31. The topological polar surface area (TPSA) is 58.6 Å². The molecule has 0 bridgehead atoms. The molecule has 9 heteroatoms. The van der Waals surface area contributed by atoms with Crippen molar-refractivity contribution in [2.24, 2.45) is 0 Å². The van der Waals surface area contributed by atoms with Gasteiger partial charge in [-0.2, -0.15) is 4.31 Å². The van der Waals surface area contributed by atoms with E-state index in [9.17, 15) is 8.42 Å². The third kappa shape index (κ3) is 5.08. The van der Waals surface area contributed by atoms with Crippen molar-refractivity contribution in [3.05, 3.63) is 50.4 Å². The number of hydrogen-bond donors (Lipinski definition) is 1. The molecular formula is C18H20Br2N2O3S2. The predicted molar refractivity (Wildman–Crippen MR) is 120 cm³/mol. The van der Waals surface area contributed by atoms with E-state index in [0.29, 0.717) is 21.9 Å². The highest BCUT2D eigenvalue weighted by atomic mass is 79.9. The molecule has 0 aliphatic heterocycles. The molecule has 0 aromatic heterocycles. The number of nitrogens with zero attached hydrogens (tertiary/aromatic N) is 1. The Morgan fingerprint density at radius 3 is 2.19 bits per heavy atom. The van der Waals surface area contributed by atoms with Crippen molar-refractivity contribution in [3.8, 4) is 5.75 Å². The highest BCUT2D eigenvalue weighted by Gasteiger charge is 2.26. The average Bonchev–Trinajstić information content (AvgIpc) is 2.57. The first-order valence-electron chi connectivity index (χ1n) is 7.93. The van der Waals surface area contributed by atoms with Crippen LogP contribution in [0.4, 0.5) is 5.69 Å². The molecule has 2 rings (SSSR count). The lowest BCUT2D eigenvalue weighted by atomic mass is 10.1. The van der Waals surface area contributed by atoms with E-state index >= 15 is 0 Å². The number of nitrogens with one attached hydrogen (secondary N) is 1. The lowest BCUT2D eigenvalue weighted by Gasteiger charge is -2.22. The number of halogens is 2. The molecule has 0 amide bonds. The summed E-state index contributed by atoms with van der Waals surface area (Å²) < 4.78 is 34.3. The number of thiocarbonyl (C=S) groups is 1. The molecule has 0 atom stereocenters. The maximum Gasteiger partial charge on any atom is 0.243 e. The normalized spacial score (nSPS) is 11.5. The number of ether oxygens (including phenoxy) is 1. The minimum Gasteiger partial charge on any atom is -0.497 e. The van der Waals surface area contributed by atoms with Crippen LogP contribution in [-0.4, -0.2) is 38.4 Å². The first kappa shape index (κ1) is 22.3. The van der Waals surface area contributed by atoms with Gasteiger partial charge in [-0.1, -0.05) is 18.3 Å². The van der Waals surface area contributed by atoms with Crippen molar-refractivity contribution in [3.63, 3.8) is 0 Å². The summed E-state index contributed by atoms with van der Waals surface area (Å²) >= 11 is 12.3. The van der Waals surface area contributed by atoms with Crippen LogP contribution >= 0.6 is 44.1 Å². The fraction of sp³-hybridized carbons (Fsp3) is 0.278. The van der Waals surface area contributed by atoms with Gasteiger partial charge in [0, 0.05) is 16.0 Å². The number of aryl methyl sites for hydroxylation is 2. The van der Waals surface area contributed by atoms with Crippen molar-refractivity contribution >= 4 is 64.8 Å². The van der Waals surface area contributed by atoms with Gasteiger partial charge in [0.2, 0.25) is 10.0 Å². The minimum absolute atomic E-state index is 0.0519. The summed E-state index contributed by atoms with van der Waals surface area (Å²) in [4.78, 5) is 0.660. The number of likely N-dealkylation sites (N-methyl/N-ethyl adjacent to an activating group) is 1. The van der Waals surface area contributed by atoms with Crippen molar-refractivity contribution in [2.45, 2.75) is 18.7 Å². The van der Waals surface area contributed by atoms with Gasteiger partial charge in [0.1, 0.15) is 5.75 Å². The first-order chi connectivity index (χ1) is 12.6. The van der Waals surface area contributed by atoms with Crippen LogP contribution in [0.3, 0.4) is 0 Å². The number of para-hydroxylation sites is 1. The van der Waals surface area contributed by atoms with Crippen LogP contribution in [0.25, 0.3) is 0 Å². The van der Waals surface area contributed by atoms with Gasteiger partial charge < -0.3 is 10.1 Å². The second-order valence-electron chi connectivity index (χ2n) is 6.00. The largest absolute Gasteiger partial charge is 0.497 e. The Morgan fingerprint density at radius 2 is 1.70 bits per heavy atom. The zero-order chi connectivity index (χ0) is 20.4. The maximum atomic E-state index is 13.1. The number of benzene rings is 2. The van der Waals surface area contributed by atoms with E-state index in [-0.39, 0.29) is 11.4 Å². The van der Waals surface area contributed by atoms with Gasteiger partial charge in [-0.3, -0.25) is 0 Å². The summed E-state index contributed by atoms with van der Waals surface area (Å²) in [5.41, 5.74) is 2.02. The number of anilines is 1. The highest BCUT2D eigenvalue weighted by molar-refractivity contribution is 9.11. The summed E-state index contributed by atoms with van der Waals surface area (Å²) in [5, 5.41) is 3.09. The zero-order valence-electron chi connectivity index (χ0n) is 15.3. The Kier molecular flexibility index (Phi) is 7.43. The van der Waals surface area contributed by atoms with Crippen molar-refractivity contribution in [1.82, 2.24) is 4.31 Å².